The predicted octanol–water partition coefficient (Wildman–Crippen LogP) is 4.74. The molecule has 0 aliphatic rings. The number of hydrogen-bond donors (Lipinski definition) is 1. The van der Waals surface area contributed by atoms with Crippen LogP contribution in [-0.2, 0) is 14.3 Å². The monoisotopic (exact) mass is 458 g/mol. The summed E-state index contributed by atoms with van der Waals surface area (Å²) in [7, 11) is 1.26. The van der Waals surface area contributed by atoms with Gasteiger partial charge in [-0.1, -0.05) is 11.6 Å². The molecule has 168 valence electrons. The first kappa shape index (κ1) is 23.1. The Bertz CT molecular complexity index is 1090. The molecule has 0 fully saturated rings. The molecule has 1 aromatic heterocycles. The number of amides is 1. The third-order valence-corrected chi connectivity index (χ3v) is 4.59. The maximum Gasteiger partial charge on any atom is 0.406 e. The summed E-state index contributed by atoms with van der Waals surface area (Å²) in [6, 6.07) is 15.9. The number of rotatable bonds is 8. The Morgan fingerprint density at radius 2 is 1.75 bits per heavy atom. The standard InChI is InChI=1S/C23H23ClN2O6/c1-14(13-25-23(28)29-3)30-22(27)15(2)31-18-6-8-19(9-7-18)32-21-11-4-16-12-17(24)5-10-20(16)26-21/h4-12,14-15H,13H2,1-3H3,(H,25,28)/t14?,15-/m1/s1. The lowest BCUT2D eigenvalue weighted by atomic mass is 10.2. The Labute approximate surface area is 190 Å². The molecule has 0 radical (unpaired) electrons. The summed E-state index contributed by atoms with van der Waals surface area (Å²) in [5, 5.41) is 4.03. The number of alkyl carbamates (subject to hydrolysis) is 1. The molecule has 1 amide bonds. The second kappa shape index (κ2) is 10.7. The van der Waals surface area contributed by atoms with Crippen molar-refractivity contribution in [2.75, 3.05) is 13.7 Å². The van der Waals surface area contributed by atoms with Gasteiger partial charge in [-0.3, -0.25) is 0 Å². The van der Waals surface area contributed by atoms with Crippen LogP contribution in [0.5, 0.6) is 17.4 Å². The summed E-state index contributed by atoms with van der Waals surface area (Å²) >= 11 is 5.99. The van der Waals surface area contributed by atoms with Crippen molar-refractivity contribution in [1.29, 1.82) is 0 Å². The van der Waals surface area contributed by atoms with Crippen LogP contribution in [0.3, 0.4) is 0 Å². The van der Waals surface area contributed by atoms with E-state index in [4.69, 9.17) is 25.8 Å². The lowest BCUT2D eigenvalue weighted by molar-refractivity contribution is -0.155. The molecule has 32 heavy (non-hydrogen) atoms. The summed E-state index contributed by atoms with van der Waals surface area (Å²) in [6.45, 7) is 3.37. The molecule has 0 saturated heterocycles. The molecule has 0 aliphatic carbocycles. The number of pyridine rings is 1. The van der Waals surface area contributed by atoms with Gasteiger partial charge in [0.1, 0.15) is 17.6 Å². The maximum atomic E-state index is 12.2. The average Bonchev–Trinajstić information content (AvgIpc) is 2.78. The van der Waals surface area contributed by atoms with Gasteiger partial charge in [0.05, 0.1) is 19.2 Å². The molecule has 1 unspecified atom stereocenters. The smallest absolute Gasteiger partial charge is 0.406 e. The zero-order valence-corrected chi connectivity index (χ0v) is 18.6. The highest BCUT2D eigenvalue weighted by molar-refractivity contribution is 6.31. The Balaban J connectivity index is 1.53. The fourth-order valence-corrected chi connectivity index (χ4v) is 2.91. The van der Waals surface area contributed by atoms with Crippen LogP contribution in [-0.4, -0.2) is 42.9 Å². The lowest BCUT2D eigenvalue weighted by Gasteiger charge is -2.18. The second-order valence-corrected chi connectivity index (χ2v) is 7.38. The van der Waals surface area contributed by atoms with E-state index in [9.17, 15) is 9.59 Å². The number of esters is 1. The van der Waals surface area contributed by atoms with Crippen LogP contribution in [0.4, 0.5) is 4.79 Å². The van der Waals surface area contributed by atoms with Crippen LogP contribution in [0, 0.1) is 0 Å². The van der Waals surface area contributed by atoms with Crippen LogP contribution in [0.15, 0.2) is 54.6 Å². The van der Waals surface area contributed by atoms with Crippen molar-refractivity contribution < 1.29 is 28.5 Å². The van der Waals surface area contributed by atoms with Gasteiger partial charge in [-0.2, -0.15) is 0 Å². The van der Waals surface area contributed by atoms with E-state index < -0.39 is 24.3 Å². The van der Waals surface area contributed by atoms with Crippen molar-refractivity contribution in [2.24, 2.45) is 0 Å². The first-order chi connectivity index (χ1) is 15.3. The van der Waals surface area contributed by atoms with Gasteiger partial charge in [-0.25, -0.2) is 14.6 Å². The van der Waals surface area contributed by atoms with Crippen molar-refractivity contribution >= 4 is 34.6 Å². The minimum absolute atomic E-state index is 0.132. The van der Waals surface area contributed by atoms with E-state index in [-0.39, 0.29) is 6.54 Å². The summed E-state index contributed by atoms with van der Waals surface area (Å²) in [6.07, 6.45) is -1.96. The summed E-state index contributed by atoms with van der Waals surface area (Å²) < 4.78 is 21.1. The number of nitrogens with zero attached hydrogens (tertiary/aromatic N) is 1. The number of carbonyl (C=O) groups is 2. The molecule has 8 nitrogen and oxygen atoms in total. The van der Waals surface area contributed by atoms with Gasteiger partial charge in [0.25, 0.3) is 0 Å². The van der Waals surface area contributed by atoms with Crippen molar-refractivity contribution in [3.63, 3.8) is 0 Å². The van der Waals surface area contributed by atoms with Crippen LogP contribution < -0.4 is 14.8 Å². The first-order valence-electron chi connectivity index (χ1n) is 9.87. The van der Waals surface area contributed by atoms with Gasteiger partial charge in [0.15, 0.2) is 6.10 Å². The highest BCUT2D eigenvalue weighted by atomic mass is 35.5. The zero-order chi connectivity index (χ0) is 23.1. The van der Waals surface area contributed by atoms with Gasteiger partial charge >= 0.3 is 12.1 Å². The SMILES string of the molecule is COC(=O)NCC(C)OC(=O)[C@@H](C)Oc1ccc(Oc2ccc3cc(Cl)ccc3n2)cc1. The molecule has 3 rings (SSSR count). The third-order valence-electron chi connectivity index (χ3n) is 4.35. The van der Waals surface area contributed by atoms with Crippen molar-refractivity contribution in [1.82, 2.24) is 10.3 Å². The highest BCUT2D eigenvalue weighted by Crippen LogP contribution is 2.26. The number of halogens is 1. The van der Waals surface area contributed by atoms with E-state index in [0.29, 0.717) is 22.4 Å². The molecule has 2 atom stereocenters. The number of fused-ring (bicyclic) bond motifs is 1. The van der Waals surface area contributed by atoms with E-state index in [1.165, 1.54) is 7.11 Å². The summed E-state index contributed by atoms with van der Waals surface area (Å²) in [4.78, 5) is 27.7. The fraction of sp³-hybridized carbons (Fsp3) is 0.261. The molecule has 1 heterocycles. The first-order valence-corrected chi connectivity index (χ1v) is 10.2. The maximum absolute atomic E-state index is 12.2. The fourth-order valence-electron chi connectivity index (χ4n) is 2.73. The van der Waals surface area contributed by atoms with Crippen LogP contribution in [0.1, 0.15) is 13.8 Å². The average molecular weight is 459 g/mol. The Kier molecular flexibility index (Phi) is 7.72. The van der Waals surface area contributed by atoms with Crippen LogP contribution in [0.2, 0.25) is 5.02 Å². The second-order valence-electron chi connectivity index (χ2n) is 6.94. The highest BCUT2D eigenvalue weighted by Gasteiger charge is 2.19. The predicted molar refractivity (Wildman–Crippen MR) is 119 cm³/mol. The molecule has 0 saturated carbocycles. The number of hydrogen-bond acceptors (Lipinski definition) is 7. The van der Waals surface area contributed by atoms with E-state index in [0.717, 1.165) is 10.9 Å². The normalized spacial score (nSPS) is 12.5. The molecular weight excluding hydrogens is 436 g/mol. The summed E-state index contributed by atoms with van der Waals surface area (Å²) in [5.41, 5.74) is 0.773. The van der Waals surface area contributed by atoms with E-state index in [1.54, 1.807) is 50.2 Å². The number of carbonyl (C=O) groups excluding carboxylic acids is 2. The van der Waals surface area contributed by atoms with Crippen LogP contribution in [0.25, 0.3) is 10.9 Å². The molecule has 3 aromatic rings. The number of ether oxygens (including phenoxy) is 4. The lowest BCUT2D eigenvalue weighted by Crippen LogP contribution is -2.36. The Hall–Kier alpha value is -3.52. The minimum Gasteiger partial charge on any atom is -0.479 e. The summed E-state index contributed by atoms with van der Waals surface area (Å²) in [5.74, 6) is 0.934. The van der Waals surface area contributed by atoms with E-state index in [2.05, 4.69) is 15.0 Å². The number of aromatic nitrogens is 1. The molecule has 2 aromatic carbocycles. The molecule has 0 aliphatic heterocycles. The van der Waals surface area contributed by atoms with Crippen molar-refractivity contribution in [2.45, 2.75) is 26.1 Å². The topological polar surface area (TPSA) is 96.0 Å². The quantitative estimate of drug-likeness (QED) is 0.487. The third kappa shape index (κ3) is 6.49. The Morgan fingerprint density at radius 1 is 1.03 bits per heavy atom. The number of methoxy groups -OCH3 is 1. The molecule has 9 heteroatoms. The van der Waals surface area contributed by atoms with Gasteiger partial charge in [-0.05, 0) is 62.4 Å². The molecule has 1 N–H and O–H groups in total. The van der Waals surface area contributed by atoms with Crippen LogP contribution >= 0.6 is 11.6 Å². The molecular formula is C23H23ClN2O6. The van der Waals surface area contributed by atoms with Gasteiger partial charge in [-0.15, -0.1) is 0 Å². The zero-order valence-electron chi connectivity index (χ0n) is 17.8. The van der Waals surface area contributed by atoms with Crippen molar-refractivity contribution in [3.8, 4) is 17.4 Å². The minimum atomic E-state index is -0.837. The van der Waals surface area contributed by atoms with Gasteiger partial charge < -0.3 is 24.3 Å². The molecule has 0 spiro atoms. The molecule has 0 bridgehead atoms. The van der Waals surface area contributed by atoms with Gasteiger partial charge in [0, 0.05) is 16.5 Å². The largest absolute Gasteiger partial charge is 0.479 e. The van der Waals surface area contributed by atoms with Gasteiger partial charge in [0.2, 0.25) is 5.88 Å². The van der Waals surface area contributed by atoms with Crippen molar-refractivity contribution in [3.05, 3.63) is 59.6 Å². The Morgan fingerprint density at radius 3 is 2.47 bits per heavy atom. The number of nitrogens with one attached hydrogen (secondary N) is 1. The van der Waals surface area contributed by atoms with E-state index >= 15 is 0 Å². The van der Waals surface area contributed by atoms with E-state index in [1.807, 2.05) is 18.2 Å². The number of benzene rings is 2.